The maximum absolute atomic E-state index is 11.9. The molecule has 0 saturated heterocycles. The molecule has 0 saturated carbocycles. The molecule has 5 heteroatoms. The first-order valence-corrected chi connectivity index (χ1v) is 9.38. The molecule has 3 N–H and O–H groups in total. The molecule has 0 aliphatic rings. The summed E-state index contributed by atoms with van der Waals surface area (Å²) in [6, 6.07) is 1.62. The van der Waals surface area contributed by atoms with Crippen molar-refractivity contribution in [3.8, 4) is 5.75 Å². The van der Waals surface area contributed by atoms with E-state index in [9.17, 15) is 15.0 Å². The first-order chi connectivity index (χ1) is 10.9. The summed E-state index contributed by atoms with van der Waals surface area (Å²) in [5.41, 5.74) is 1.64. The van der Waals surface area contributed by atoms with Crippen LogP contribution >= 0.6 is 11.8 Å². The number of carboxylic acid groups (broad SMARTS) is 1. The molecule has 0 aliphatic heterocycles. The molecule has 1 aromatic carbocycles. The van der Waals surface area contributed by atoms with Gasteiger partial charge in [-0.1, -0.05) is 41.5 Å². The minimum absolute atomic E-state index is 0.108. The van der Waals surface area contributed by atoms with Crippen LogP contribution < -0.4 is 0 Å². The summed E-state index contributed by atoms with van der Waals surface area (Å²) in [5, 5.41) is 29.5. The predicted octanol–water partition coefficient (Wildman–Crippen LogP) is 3.95. The summed E-state index contributed by atoms with van der Waals surface area (Å²) in [7, 11) is 0. The molecule has 0 unspecified atom stereocenters. The fourth-order valence-corrected chi connectivity index (χ4v) is 3.56. The molecule has 0 atom stereocenters. The van der Waals surface area contributed by atoms with Crippen molar-refractivity contribution < 1.29 is 20.1 Å². The number of carbonyl (C=O) groups is 1. The number of hydrogen-bond donors (Lipinski definition) is 3. The lowest BCUT2D eigenvalue weighted by molar-refractivity contribution is 0.0695. The van der Waals surface area contributed by atoms with Crippen LogP contribution in [0.15, 0.2) is 6.07 Å². The number of aliphatic hydroxyl groups is 1. The van der Waals surface area contributed by atoms with Gasteiger partial charge in [0.25, 0.3) is 0 Å². The van der Waals surface area contributed by atoms with Crippen LogP contribution in [-0.2, 0) is 17.3 Å². The largest absolute Gasteiger partial charge is 0.507 e. The monoisotopic (exact) mass is 354 g/mol. The summed E-state index contributed by atoms with van der Waals surface area (Å²) in [4.78, 5) is 11.9. The second-order valence-corrected chi connectivity index (χ2v) is 9.29. The van der Waals surface area contributed by atoms with Crippen molar-refractivity contribution >= 4 is 17.7 Å². The van der Waals surface area contributed by atoms with Gasteiger partial charge in [0.1, 0.15) is 5.75 Å². The molecular formula is C19H30O4S. The van der Waals surface area contributed by atoms with E-state index in [1.807, 2.05) is 41.5 Å². The number of hydrogen-bond acceptors (Lipinski definition) is 4. The van der Waals surface area contributed by atoms with Crippen molar-refractivity contribution in [2.75, 3.05) is 18.1 Å². The van der Waals surface area contributed by atoms with E-state index in [-0.39, 0.29) is 28.7 Å². The lowest BCUT2D eigenvalue weighted by Crippen LogP contribution is -2.22. The standard InChI is InChI=1S/C19H30O4S/c1-18(2,3)14-11-13(17(22)23)12(7-9-24-10-8-20)15(16(14)21)19(4,5)6/h11,20-21H,7-10H2,1-6H3,(H,22,23). The summed E-state index contributed by atoms with van der Waals surface area (Å²) in [5.74, 6) is 0.577. The second-order valence-electron chi connectivity index (χ2n) is 8.06. The van der Waals surface area contributed by atoms with E-state index < -0.39 is 5.97 Å². The quantitative estimate of drug-likeness (QED) is 0.674. The molecule has 4 nitrogen and oxygen atoms in total. The Kier molecular flexibility index (Phi) is 6.76. The molecule has 1 rings (SSSR count). The molecule has 136 valence electrons. The Morgan fingerprint density at radius 3 is 2.08 bits per heavy atom. The summed E-state index contributed by atoms with van der Waals surface area (Å²) < 4.78 is 0. The topological polar surface area (TPSA) is 77.8 Å². The van der Waals surface area contributed by atoms with E-state index >= 15 is 0 Å². The molecular weight excluding hydrogens is 324 g/mol. The zero-order valence-corrected chi connectivity index (χ0v) is 16.4. The van der Waals surface area contributed by atoms with Gasteiger partial charge in [0, 0.05) is 16.9 Å². The van der Waals surface area contributed by atoms with Crippen LogP contribution in [-0.4, -0.2) is 39.4 Å². The first-order valence-electron chi connectivity index (χ1n) is 8.23. The Morgan fingerprint density at radius 1 is 1.08 bits per heavy atom. The Morgan fingerprint density at radius 2 is 1.67 bits per heavy atom. The fourth-order valence-electron chi connectivity index (χ4n) is 2.88. The number of phenolic OH excluding ortho intramolecular Hbond substituents is 1. The van der Waals surface area contributed by atoms with Gasteiger partial charge in [0.05, 0.1) is 12.2 Å². The van der Waals surface area contributed by atoms with Crippen molar-refractivity contribution in [1.29, 1.82) is 0 Å². The lowest BCUT2D eigenvalue weighted by Gasteiger charge is -2.30. The molecule has 0 spiro atoms. The normalized spacial score (nSPS) is 12.5. The molecule has 1 aromatic rings. The van der Waals surface area contributed by atoms with Gasteiger partial charge in [0.15, 0.2) is 0 Å². The highest BCUT2D eigenvalue weighted by Gasteiger charge is 2.31. The highest BCUT2D eigenvalue weighted by molar-refractivity contribution is 7.99. The van der Waals surface area contributed by atoms with E-state index in [1.165, 1.54) is 0 Å². The molecule has 0 aromatic heterocycles. The minimum atomic E-state index is -0.965. The van der Waals surface area contributed by atoms with Crippen LogP contribution in [0, 0.1) is 0 Å². The fraction of sp³-hybridized carbons (Fsp3) is 0.632. The van der Waals surface area contributed by atoms with E-state index in [2.05, 4.69) is 0 Å². The zero-order chi connectivity index (χ0) is 18.7. The van der Waals surface area contributed by atoms with Crippen LogP contribution in [0.3, 0.4) is 0 Å². The molecule has 0 fully saturated rings. The van der Waals surface area contributed by atoms with E-state index in [0.29, 0.717) is 29.1 Å². The minimum Gasteiger partial charge on any atom is -0.507 e. The molecule has 0 radical (unpaired) electrons. The molecule has 0 heterocycles. The Hall–Kier alpha value is -1.20. The summed E-state index contributed by atoms with van der Waals surface area (Å²) in [6.45, 7) is 12.0. The van der Waals surface area contributed by atoms with Crippen LogP contribution in [0.4, 0.5) is 0 Å². The van der Waals surface area contributed by atoms with Gasteiger partial charge < -0.3 is 15.3 Å². The van der Waals surface area contributed by atoms with Crippen molar-refractivity contribution in [1.82, 2.24) is 0 Å². The average molecular weight is 355 g/mol. The zero-order valence-electron chi connectivity index (χ0n) is 15.6. The van der Waals surface area contributed by atoms with Gasteiger partial charge >= 0.3 is 5.97 Å². The number of aromatic hydroxyl groups is 1. The third-order valence-electron chi connectivity index (χ3n) is 3.93. The SMILES string of the molecule is CC(C)(C)c1cc(C(=O)O)c(CCSCCO)c(C(C)(C)C)c1O. The molecule has 0 amide bonds. The third kappa shape index (κ3) is 4.90. The van der Waals surface area contributed by atoms with Crippen LogP contribution in [0.2, 0.25) is 0 Å². The Labute approximate surface area is 149 Å². The lowest BCUT2D eigenvalue weighted by atomic mass is 9.75. The van der Waals surface area contributed by atoms with E-state index in [1.54, 1.807) is 17.8 Å². The maximum Gasteiger partial charge on any atom is 0.335 e. The number of phenols is 1. The second kappa shape index (κ2) is 7.79. The van der Waals surface area contributed by atoms with Crippen LogP contribution in [0.25, 0.3) is 0 Å². The number of rotatable bonds is 6. The first kappa shape index (κ1) is 20.8. The molecule has 24 heavy (non-hydrogen) atoms. The van der Waals surface area contributed by atoms with Crippen LogP contribution in [0.5, 0.6) is 5.75 Å². The number of benzene rings is 1. The highest BCUT2D eigenvalue weighted by atomic mass is 32.2. The highest BCUT2D eigenvalue weighted by Crippen LogP contribution is 2.43. The van der Waals surface area contributed by atoms with Gasteiger partial charge in [-0.3, -0.25) is 0 Å². The van der Waals surface area contributed by atoms with Crippen molar-refractivity contribution in [2.45, 2.75) is 58.8 Å². The maximum atomic E-state index is 11.9. The number of aromatic carboxylic acids is 1. The number of carboxylic acids is 1. The van der Waals surface area contributed by atoms with Gasteiger partial charge in [-0.25, -0.2) is 4.79 Å². The Bertz CT molecular complexity index is 595. The third-order valence-corrected chi connectivity index (χ3v) is 4.89. The van der Waals surface area contributed by atoms with Gasteiger partial charge in [-0.05, 0) is 34.6 Å². The van der Waals surface area contributed by atoms with E-state index in [4.69, 9.17) is 5.11 Å². The summed E-state index contributed by atoms with van der Waals surface area (Å²) in [6.07, 6.45) is 0.552. The average Bonchev–Trinajstić information content (AvgIpc) is 2.40. The summed E-state index contributed by atoms with van der Waals surface area (Å²) >= 11 is 1.58. The van der Waals surface area contributed by atoms with Gasteiger partial charge in [-0.15, -0.1) is 0 Å². The molecule has 0 aliphatic carbocycles. The number of thioether (sulfide) groups is 1. The van der Waals surface area contributed by atoms with Gasteiger partial charge in [-0.2, -0.15) is 11.8 Å². The van der Waals surface area contributed by atoms with Crippen molar-refractivity contribution in [3.05, 3.63) is 28.3 Å². The predicted molar refractivity (Wildman–Crippen MR) is 101 cm³/mol. The van der Waals surface area contributed by atoms with Gasteiger partial charge in [0.2, 0.25) is 0 Å². The smallest absolute Gasteiger partial charge is 0.335 e. The van der Waals surface area contributed by atoms with Crippen LogP contribution in [0.1, 0.15) is 68.6 Å². The Balaban J connectivity index is 3.58. The van der Waals surface area contributed by atoms with Crippen molar-refractivity contribution in [3.63, 3.8) is 0 Å². The van der Waals surface area contributed by atoms with E-state index in [0.717, 1.165) is 5.56 Å². The molecule has 0 bridgehead atoms. The van der Waals surface area contributed by atoms with Crippen molar-refractivity contribution in [2.24, 2.45) is 0 Å². The number of aliphatic hydroxyl groups excluding tert-OH is 1.